The second kappa shape index (κ2) is 6.96. The Bertz CT molecular complexity index is 1130. The molecule has 0 radical (unpaired) electrons. The van der Waals surface area contributed by atoms with Crippen molar-refractivity contribution in [2.24, 2.45) is 0 Å². The Kier molecular flexibility index (Phi) is 4.35. The summed E-state index contributed by atoms with van der Waals surface area (Å²) in [6.07, 6.45) is 3.96. The van der Waals surface area contributed by atoms with Gasteiger partial charge < -0.3 is 9.52 Å². The van der Waals surface area contributed by atoms with Gasteiger partial charge >= 0.3 is 5.97 Å². The number of fused-ring (bicyclic) bond motifs is 1. The van der Waals surface area contributed by atoms with E-state index in [1.54, 1.807) is 24.3 Å². The van der Waals surface area contributed by atoms with E-state index in [1.165, 1.54) is 5.56 Å². The normalized spacial score (nSPS) is 11.3. The van der Waals surface area contributed by atoms with Crippen molar-refractivity contribution in [1.82, 2.24) is 0 Å². The second-order valence-corrected chi connectivity index (χ2v) is 6.53. The minimum Gasteiger partial charge on any atom is -0.478 e. The summed E-state index contributed by atoms with van der Waals surface area (Å²) >= 11 is 0. The highest BCUT2D eigenvalue weighted by atomic mass is 16.4. The number of carboxylic acid groups (broad SMARTS) is 1. The van der Waals surface area contributed by atoms with Crippen LogP contribution in [-0.4, -0.2) is 11.1 Å². The first-order valence-corrected chi connectivity index (χ1v) is 8.70. The highest BCUT2D eigenvalue weighted by Crippen LogP contribution is 2.28. The predicted molar refractivity (Wildman–Crippen MR) is 109 cm³/mol. The molecule has 0 saturated carbocycles. The minimum absolute atomic E-state index is 0.289. The molecule has 4 aromatic rings. The van der Waals surface area contributed by atoms with Crippen molar-refractivity contribution in [3.05, 3.63) is 95.1 Å². The topological polar surface area (TPSA) is 50.4 Å². The Hall–Kier alpha value is -3.59. The Labute approximate surface area is 157 Å². The van der Waals surface area contributed by atoms with Crippen LogP contribution in [0.25, 0.3) is 34.4 Å². The van der Waals surface area contributed by atoms with Gasteiger partial charge in [0.1, 0.15) is 11.3 Å². The first kappa shape index (κ1) is 16.9. The van der Waals surface area contributed by atoms with Gasteiger partial charge in [0, 0.05) is 10.9 Å². The molecule has 0 saturated heterocycles. The van der Waals surface area contributed by atoms with Crippen molar-refractivity contribution < 1.29 is 14.3 Å². The van der Waals surface area contributed by atoms with E-state index in [-0.39, 0.29) is 5.56 Å². The number of aromatic carboxylic acids is 1. The number of benzene rings is 3. The molecule has 0 bridgehead atoms. The van der Waals surface area contributed by atoms with Gasteiger partial charge in [-0.2, -0.15) is 0 Å². The monoisotopic (exact) mass is 354 g/mol. The fourth-order valence-corrected chi connectivity index (χ4v) is 2.99. The summed E-state index contributed by atoms with van der Waals surface area (Å²) in [5.41, 5.74) is 5.45. The smallest absolute Gasteiger partial charge is 0.335 e. The molecule has 132 valence electrons. The lowest BCUT2D eigenvalue weighted by molar-refractivity contribution is 0.0697. The average Bonchev–Trinajstić information content (AvgIpc) is 3.10. The van der Waals surface area contributed by atoms with Gasteiger partial charge in [-0.15, -0.1) is 0 Å². The maximum Gasteiger partial charge on any atom is 0.335 e. The number of furan rings is 1. The zero-order valence-electron chi connectivity index (χ0n) is 14.8. The zero-order chi connectivity index (χ0) is 18.8. The van der Waals surface area contributed by atoms with E-state index in [4.69, 9.17) is 9.52 Å². The van der Waals surface area contributed by atoms with Crippen molar-refractivity contribution in [3.63, 3.8) is 0 Å². The van der Waals surface area contributed by atoms with E-state index in [0.717, 1.165) is 33.4 Å². The van der Waals surface area contributed by atoms with Gasteiger partial charge in [-0.1, -0.05) is 60.2 Å². The standard InChI is InChI=1S/C24H18O3/c1-16-2-13-22-21(14-16)15-23(27-22)19-9-5-17(6-10-19)3-4-18-7-11-20(12-8-18)24(25)26/h2-15H,1H3,(H,25,26). The molecule has 0 atom stereocenters. The van der Waals surface area contributed by atoms with Crippen molar-refractivity contribution in [2.75, 3.05) is 0 Å². The van der Waals surface area contributed by atoms with Gasteiger partial charge in [0.25, 0.3) is 0 Å². The summed E-state index contributed by atoms with van der Waals surface area (Å²) in [6, 6.07) is 23.2. The van der Waals surface area contributed by atoms with Crippen LogP contribution in [-0.2, 0) is 0 Å². The van der Waals surface area contributed by atoms with Crippen LogP contribution in [0, 0.1) is 6.92 Å². The summed E-state index contributed by atoms with van der Waals surface area (Å²) in [4.78, 5) is 10.9. The summed E-state index contributed by atoms with van der Waals surface area (Å²) in [5.74, 6) is -0.0581. The Balaban J connectivity index is 1.53. The highest BCUT2D eigenvalue weighted by molar-refractivity contribution is 5.88. The number of rotatable bonds is 4. The average molecular weight is 354 g/mol. The molecule has 3 nitrogen and oxygen atoms in total. The summed E-state index contributed by atoms with van der Waals surface area (Å²) in [7, 11) is 0. The highest BCUT2D eigenvalue weighted by Gasteiger charge is 2.06. The van der Waals surface area contributed by atoms with E-state index in [1.807, 2.05) is 48.6 Å². The number of hydrogen-bond acceptors (Lipinski definition) is 2. The Morgan fingerprint density at radius 1 is 0.852 bits per heavy atom. The third kappa shape index (κ3) is 3.67. The molecule has 0 fully saturated rings. The van der Waals surface area contributed by atoms with Crippen LogP contribution in [0.1, 0.15) is 27.0 Å². The molecule has 1 heterocycles. The summed E-state index contributed by atoms with van der Waals surface area (Å²) in [6.45, 7) is 2.07. The van der Waals surface area contributed by atoms with Gasteiger partial charge in [0.15, 0.2) is 0 Å². The maximum atomic E-state index is 10.9. The van der Waals surface area contributed by atoms with Crippen molar-refractivity contribution in [3.8, 4) is 11.3 Å². The Morgan fingerprint density at radius 2 is 1.48 bits per heavy atom. The molecule has 0 spiro atoms. The van der Waals surface area contributed by atoms with Crippen LogP contribution in [0.4, 0.5) is 0 Å². The minimum atomic E-state index is -0.915. The van der Waals surface area contributed by atoms with Crippen molar-refractivity contribution in [1.29, 1.82) is 0 Å². The van der Waals surface area contributed by atoms with Crippen LogP contribution < -0.4 is 0 Å². The second-order valence-electron chi connectivity index (χ2n) is 6.53. The SMILES string of the molecule is Cc1ccc2oc(-c3ccc(C=Cc4ccc(C(=O)O)cc4)cc3)cc2c1. The molecule has 0 aliphatic rings. The summed E-state index contributed by atoms with van der Waals surface area (Å²) in [5, 5.41) is 10.0. The third-order valence-electron chi connectivity index (χ3n) is 4.49. The van der Waals surface area contributed by atoms with Gasteiger partial charge in [-0.05, 0) is 48.4 Å². The quantitative estimate of drug-likeness (QED) is 0.439. The number of carboxylic acids is 1. The Morgan fingerprint density at radius 3 is 2.11 bits per heavy atom. The molecule has 0 unspecified atom stereocenters. The lowest BCUT2D eigenvalue weighted by Gasteiger charge is -1.99. The third-order valence-corrected chi connectivity index (χ3v) is 4.49. The maximum absolute atomic E-state index is 10.9. The van der Waals surface area contributed by atoms with Crippen LogP contribution in [0.2, 0.25) is 0 Å². The first-order valence-electron chi connectivity index (χ1n) is 8.70. The van der Waals surface area contributed by atoms with E-state index in [0.29, 0.717) is 0 Å². The zero-order valence-corrected chi connectivity index (χ0v) is 14.8. The number of hydrogen-bond donors (Lipinski definition) is 1. The van der Waals surface area contributed by atoms with Gasteiger partial charge in [0.2, 0.25) is 0 Å². The molecule has 0 aliphatic carbocycles. The molecule has 3 heteroatoms. The number of aryl methyl sites for hydroxylation is 1. The van der Waals surface area contributed by atoms with E-state index < -0.39 is 5.97 Å². The predicted octanol–water partition coefficient (Wildman–Crippen LogP) is 6.28. The molecule has 1 N–H and O–H groups in total. The molecule has 1 aromatic heterocycles. The van der Waals surface area contributed by atoms with Crippen LogP contribution >= 0.6 is 0 Å². The molecule has 4 rings (SSSR count). The van der Waals surface area contributed by atoms with Crippen LogP contribution in [0.3, 0.4) is 0 Å². The molecular weight excluding hydrogens is 336 g/mol. The molecule has 3 aromatic carbocycles. The largest absolute Gasteiger partial charge is 0.478 e. The van der Waals surface area contributed by atoms with Gasteiger partial charge in [-0.25, -0.2) is 4.79 Å². The molecule has 0 aliphatic heterocycles. The van der Waals surface area contributed by atoms with E-state index in [2.05, 4.69) is 19.1 Å². The fraction of sp³-hybridized carbons (Fsp3) is 0.0417. The lowest BCUT2D eigenvalue weighted by atomic mass is 10.1. The van der Waals surface area contributed by atoms with Gasteiger partial charge in [0.05, 0.1) is 5.56 Å². The van der Waals surface area contributed by atoms with Gasteiger partial charge in [-0.3, -0.25) is 0 Å². The van der Waals surface area contributed by atoms with E-state index in [9.17, 15) is 4.79 Å². The van der Waals surface area contributed by atoms with Crippen molar-refractivity contribution >= 4 is 29.1 Å². The van der Waals surface area contributed by atoms with E-state index >= 15 is 0 Å². The molecular formula is C24H18O3. The first-order chi connectivity index (χ1) is 13.1. The molecule has 0 amide bonds. The van der Waals surface area contributed by atoms with Crippen LogP contribution in [0.15, 0.2) is 77.2 Å². The molecule has 27 heavy (non-hydrogen) atoms. The van der Waals surface area contributed by atoms with Crippen LogP contribution in [0.5, 0.6) is 0 Å². The van der Waals surface area contributed by atoms with Crippen molar-refractivity contribution in [2.45, 2.75) is 6.92 Å². The fourth-order valence-electron chi connectivity index (χ4n) is 2.99. The summed E-state index contributed by atoms with van der Waals surface area (Å²) < 4.78 is 5.94. The lowest BCUT2D eigenvalue weighted by Crippen LogP contribution is -1.94. The number of carbonyl (C=O) groups is 1.